The molecule has 0 amide bonds. The van der Waals surface area contributed by atoms with E-state index in [1.807, 2.05) is 6.07 Å². The highest BCUT2D eigenvalue weighted by atomic mass is 16.5. The van der Waals surface area contributed by atoms with E-state index in [0.29, 0.717) is 27.4 Å². The molecule has 0 fully saturated rings. The first-order valence-electron chi connectivity index (χ1n) is 9.44. The number of nitrogens with zero attached hydrogens (tertiary/aromatic N) is 2. The highest BCUT2D eigenvalue weighted by Crippen LogP contribution is 2.22. The molecular formula is C24H14N2O5. The van der Waals surface area contributed by atoms with E-state index in [1.54, 1.807) is 66.7 Å². The molecule has 150 valence electrons. The van der Waals surface area contributed by atoms with Crippen molar-refractivity contribution in [3.05, 3.63) is 111 Å². The van der Waals surface area contributed by atoms with Gasteiger partial charge in [-0.15, -0.1) is 0 Å². The van der Waals surface area contributed by atoms with Crippen LogP contribution in [0.1, 0.15) is 10.5 Å². The number of carbonyl (C=O) groups excluding carboxylic acids is 1. The number of para-hydroxylation sites is 1. The Kier molecular flexibility index (Phi) is 4.41. The second kappa shape index (κ2) is 7.38. The summed E-state index contributed by atoms with van der Waals surface area (Å²) in [7, 11) is 0. The van der Waals surface area contributed by atoms with Gasteiger partial charge in [0, 0.05) is 22.9 Å². The quantitative estimate of drug-likeness (QED) is 0.256. The Morgan fingerprint density at radius 2 is 1.55 bits per heavy atom. The minimum absolute atomic E-state index is 0.00587. The number of esters is 1. The Morgan fingerprint density at radius 3 is 2.35 bits per heavy atom. The van der Waals surface area contributed by atoms with Gasteiger partial charge in [0.15, 0.2) is 5.69 Å². The van der Waals surface area contributed by atoms with Crippen LogP contribution in [0.2, 0.25) is 0 Å². The molecule has 0 saturated heterocycles. The van der Waals surface area contributed by atoms with Crippen molar-refractivity contribution >= 4 is 27.7 Å². The molecule has 7 heteroatoms. The molecule has 2 heterocycles. The number of aromatic nitrogens is 2. The number of hydrogen-bond acceptors (Lipinski definition) is 6. The topological polar surface area (TPSA) is 91.4 Å². The summed E-state index contributed by atoms with van der Waals surface area (Å²) in [5.41, 5.74) is -0.0253. The van der Waals surface area contributed by atoms with Crippen molar-refractivity contribution in [3.8, 4) is 11.4 Å². The first-order chi connectivity index (χ1) is 15.1. The molecule has 0 aliphatic heterocycles. The first-order valence-corrected chi connectivity index (χ1v) is 9.44. The minimum Gasteiger partial charge on any atom is -0.423 e. The van der Waals surface area contributed by atoms with E-state index >= 15 is 0 Å². The van der Waals surface area contributed by atoms with Gasteiger partial charge in [-0.1, -0.05) is 36.4 Å². The number of hydrogen-bond donors (Lipinski definition) is 0. The van der Waals surface area contributed by atoms with E-state index in [4.69, 9.17) is 9.15 Å². The number of benzene rings is 3. The van der Waals surface area contributed by atoms with Crippen LogP contribution >= 0.6 is 0 Å². The summed E-state index contributed by atoms with van der Waals surface area (Å²) in [6.07, 6.45) is 0. The van der Waals surface area contributed by atoms with Crippen molar-refractivity contribution in [2.75, 3.05) is 0 Å². The van der Waals surface area contributed by atoms with Crippen molar-refractivity contribution < 1.29 is 13.9 Å². The largest absolute Gasteiger partial charge is 0.423 e. The van der Waals surface area contributed by atoms with Crippen molar-refractivity contribution in [1.82, 2.24) is 9.78 Å². The van der Waals surface area contributed by atoms with Crippen molar-refractivity contribution in [3.63, 3.8) is 0 Å². The van der Waals surface area contributed by atoms with Crippen LogP contribution in [0.25, 0.3) is 27.4 Å². The zero-order valence-corrected chi connectivity index (χ0v) is 16.0. The summed E-state index contributed by atoms with van der Waals surface area (Å²) in [6, 6.07) is 23.2. The average Bonchev–Trinajstić information content (AvgIpc) is 2.80. The van der Waals surface area contributed by atoms with Gasteiger partial charge < -0.3 is 9.15 Å². The standard InChI is InChI=1S/C24H14N2O5/c27-21-13-11-15-10-12-17(14-20(15)31-21)30-24(29)22-18-8-4-5-9-19(18)23(28)26(25-22)16-6-2-1-3-7-16/h1-14H. The molecule has 5 rings (SSSR count). The molecule has 0 aliphatic rings. The molecule has 0 unspecified atom stereocenters. The second-order valence-corrected chi connectivity index (χ2v) is 6.79. The molecule has 0 aliphatic carbocycles. The predicted octanol–water partition coefficient (Wildman–Crippen LogP) is 3.71. The van der Waals surface area contributed by atoms with Gasteiger partial charge in [0.2, 0.25) is 0 Å². The zero-order valence-electron chi connectivity index (χ0n) is 16.0. The SMILES string of the molecule is O=C(Oc1ccc2ccc(=O)oc2c1)c1nn(-c2ccccc2)c(=O)c2ccccc12. The maximum absolute atomic E-state index is 13.0. The van der Waals surface area contributed by atoms with Gasteiger partial charge in [-0.3, -0.25) is 4.79 Å². The van der Waals surface area contributed by atoms with E-state index < -0.39 is 11.6 Å². The van der Waals surface area contributed by atoms with Crippen molar-refractivity contribution in [2.24, 2.45) is 0 Å². The normalized spacial score (nSPS) is 11.0. The Morgan fingerprint density at radius 1 is 0.839 bits per heavy atom. The van der Waals surface area contributed by atoms with Crippen LogP contribution in [0.4, 0.5) is 0 Å². The molecule has 0 N–H and O–H groups in total. The monoisotopic (exact) mass is 410 g/mol. The number of ether oxygens (including phenoxy) is 1. The molecule has 5 aromatic rings. The third kappa shape index (κ3) is 3.38. The maximum Gasteiger partial charge on any atom is 0.364 e. The second-order valence-electron chi connectivity index (χ2n) is 6.79. The fraction of sp³-hybridized carbons (Fsp3) is 0. The Hall–Kier alpha value is -4.52. The fourth-order valence-corrected chi connectivity index (χ4v) is 3.34. The van der Waals surface area contributed by atoms with Crippen LogP contribution < -0.4 is 15.9 Å². The summed E-state index contributed by atoms with van der Waals surface area (Å²) in [5.74, 6) is -0.547. The molecule has 2 aromatic heterocycles. The van der Waals surface area contributed by atoms with Crippen LogP contribution in [0, 0.1) is 0 Å². The lowest BCUT2D eigenvalue weighted by molar-refractivity contribution is 0.0729. The van der Waals surface area contributed by atoms with Crippen molar-refractivity contribution in [2.45, 2.75) is 0 Å². The summed E-state index contributed by atoms with van der Waals surface area (Å²) in [6.45, 7) is 0. The number of rotatable bonds is 3. The van der Waals surface area contributed by atoms with Gasteiger partial charge in [0.1, 0.15) is 11.3 Å². The number of fused-ring (bicyclic) bond motifs is 2. The molecule has 31 heavy (non-hydrogen) atoms. The first kappa shape index (κ1) is 18.5. The summed E-state index contributed by atoms with van der Waals surface area (Å²) >= 11 is 0. The smallest absolute Gasteiger partial charge is 0.364 e. The lowest BCUT2D eigenvalue weighted by atomic mass is 10.1. The maximum atomic E-state index is 13.0. The Bertz CT molecular complexity index is 1570. The molecule has 3 aromatic carbocycles. The minimum atomic E-state index is -0.737. The van der Waals surface area contributed by atoms with Gasteiger partial charge in [0.05, 0.1) is 11.1 Å². The molecule has 0 atom stereocenters. The van der Waals surface area contributed by atoms with Gasteiger partial charge >= 0.3 is 11.6 Å². The third-order valence-corrected chi connectivity index (χ3v) is 4.80. The molecule has 0 spiro atoms. The van der Waals surface area contributed by atoms with E-state index in [9.17, 15) is 14.4 Å². The Balaban J connectivity index is 1.62. The predicted molar refractivity (Wildman–Crippen MR) is 115 cm³/mol. The molecule has 0 radical (unpaired) electrons. The van der Waals surface area contributed by atoms with E-state index in [-0.39, 0.29) is 17.0 Å². The van der Waals surface area contributed by atoms with Gasteiger partial charge in [0.25, 0.3) is 5.56 Å². The van der Waals surface area contributed by atoms with Gasteiger partial charge in [-0.05, 0) is 36.4 Å². The van der Waals surface area contributed by atoms with E-state index in [1.165, 1.54) is 16.8 Å². The fourth-order valence-electron chi connectivity index (χ4n) is 3.34. The lowest BCUT2D eigenvalue weighted by Crippen LogP contribution is -2.25. The summed E-state index contributed by atoms with van der Waals surface area (Å²) in [4.78, 5) is 37.5. The van der Waals surface area contributed by atoms with E-state index in [0.717, 1.165) is 0 Å². The van der Waals surface area contributed by atoms with Crippen LogP contribution in [0.15, 0.2) is 98.9 Å². The van der Waals surface area contributed by atoms with Gasteiger partial charge in [-0.25, -0.2) is 9.59 Å². The third-order valence-electron chi connectivity index (χ3n) is 4.80. The van der Waals surface area contributed by atoms with Crippen LogP contribution in [-0.4, -0.2) is 15.7 Å². The summed E-state index contributed by atoms with van der Waals surface area (Å²) in [5, 5.41) is 5.73. The Labute approximate surface area is 174 Å². The van der Waals surface area contributed by atoms with Crippen LogP contribution in [-0.2, 0) is 0 Å². The van der Waals surface area contributed by atoms with Gasteiger partial charge in [-0.2, -0.15) is 9.78 Å². The average molecular weight is 410 g/mol. The summed E-state index contributed by atoms with van der Waals surface area (Å²) < 4.78 is 11.8. The van der Waals surface area contributed by atoms with Crippen LogP contribution in [0.5, 0.6) is 5.75 Å². The zero-order chi connectivity index (χ0) is 21.4. The molecule has 0 bridgehead atoms. The molecule has 7 nitrogen and oxygen atoms in total. The van der Waals surface area contributed by atoms with E-state index in [2.05, 4.69) is 5.10 Å². The number of carbonyl (C=O) groups is 1. The van der Waals surface area contributed by atoms with Crippen molar-refractivity contribution in [1.29, 1.82) is 0 Å². The molecular weight excluding hydrogens is 396 g/mol. The highest BCUT2D eigenvalue weighted by molar-refractivity contribution is 6.03. The van der Waals surface area contributed by atoms with Crippen LogP contribution in [0.3, 0.4) is 0 Å². The highest BCUT2D eigenvalue weighted by Gasteiger charge is 2.19. The lowest BCUT2D eigenvalue weighted by Gasteiger charge is -2.11. The molecule has 0 saturated carbocycles.